The van der Waals surface area contributed by atoms with Crippen molar-refractivity contribution < 1.29 is 24.2 Å². The first kappa shape index (κ1) is 13.0. The highest BCUT2D eigenvalue weighted by Crippen LogP contribution is 2.29. The van der Waals surface area contributed by atoms with E-state index in [4.69, 9.17) is 14.6 Å². The third kappa shape index (κ3) is 2.41. The molecular weight excluding hydrogens is 248 g/mol. The molecule has 1 heterocycles. The fourth-order valence-corrected chi connectivity index (χ4v) is 1.87. The second-order valence-electron chi connectivity index (χ2n) is 4.06. The van der Waals surface area contributed by atoms with E-state index in [2.05, 4.69) is 0 Å². The lowest BCUT2D eigenvalue weighted by Gasteiger charge is -2.07. The van der Waals surface area contributed by atoms with Crippen molar-refractivity contribution in [2.75, 3.05) is 0 Å². The Morgan fingerprint density at radius 3 is 2.53 bits per heavy atom. The van der Waals surface area contributed by atoms with Gasteiger partial charge in [0.25, 0.3) is 0 Å². The maximum atomic E-state index is 11.6. The Kier molecular flexibility index (Phi) is 3.48. The minimum Gasteiger partial charge on any atom is -0.478 e. The van der Waals surface area contributed by atoms with E-state index >= 15 is 0 Å². The number of carboxylic acids is 1. The van der Waals surface area contributed by atoms with Crippen molar-refractivity contribution in [1.82, 2.24) is 0 Å². The molecule has 0 atom stereocenters. The zero-order valence-corrected chi connectivity index (χ0v) is 10.2. The van der Waals surface area contributed by atoms with E-state index in [1.54, 1.807) is 18.2 Å². The van der Waals surface area contributed by atoms with Gasteiger partial charge >= 0.3 is 5.97 Å². The molecule has 0 fully saturated rings. The maximum Gasteiger partial charge on any atom is 0.339 e. The van der Waals surface area contributed by atoms with Crippen LogP contribution in [-0.2, 0) is 6.61 Å². The van der Waals surface area contributed by atoms with Crippen LogP contribution in [-0.4, -0.2) is 22.0 Å². The molecule has 0 aliphatic carbocycles. The molecule has 0 aliphatic heterocycles. The van der Waals surface area contributed by atoms with Crippen LogP contribution in [0.3, 0.4) is 0 Å². The van der Waals surface area contributed by atoms with E-state index in [0.29, 0.717) is 16.7 Å². The Labute approximate surface area is 109 Å². The summed E-state index contributed by atoms with van der Waals surface area (Å²) in [4.78, 5) is 22.7. The molecule has 0 bridgehead atoms. The monoisotopic (exact) mass is 260 g/mol. The Hall–Kier alpha value is -2.40. The predicted octanol–water partition coefficient (Wildman–Crippen LogP) is 2.34. The third-order valence-electron chi connectivity index (χ3n) is 2.79. The Balaban J connectivity index is 2.68. The molecule has 2 aromatic rings. The lowest BCUT2D eigenvalue weighted by Crippen LogP contribution is -2.01. The molecule has 19 heavy (non-hydrogen) atoms. The van der Waals surface area contributed by atoms with Gasteiger partial charge in [-0.05, 0) is 24.6 Å². The van der Waals surface area contributed by atoms with Gasteiger partial charge in [-0.3, -0.25) is 4.79 Å². The van der Waals surface area contributed by atoms with Crippen molar-refractivity contribution in [3.63, 3.8) is 0 Å². The van der Waals surface area contributed by atoms with Crippen LogP contribution in [0.2, 0.25) is 0 Å². The normalized spacial score (nSPS) is 10.4. The fraction of sp³-hybridized carbons (Fsp3) is 0.143. The van der Waals surface area contributed by atoms with Gasteiger partial charge in [-0.25, -0.2) is 4.79 Å². The predicted molar refractivity (Wildman–Crippen MR) is 67.0 cm³/mol. The van der Waals surface area contributed by atoms with Gasteiger partial charge in [-0.1, -0.05) is 12.1 Å². The summed E-state index contributed by atoms with van der Waals surface area (Å²) >= 11 is 0. The Bertz CT molecular complexity index is 639. The molecule has 5 nitrogen and oxygen atoms in total. The lowest BCUT2D eigenvalue weighted by atomic mass is 9.97. The van der Waals surface area contributed by atoms with Crippen LogP contribution in [0.25, 0.3) is 11.3 Å². The average Bonchev–Trinajstić information content (AvgIpc) is 2.87. The quantitative estimate of drug-likeness (QED) is 0.824. The van der Waals surface area contributed by atoms with Gasteiger partial charge in [0, 0.05) is 11.1 Å². The van der Waals surface area contributed by atoms with Crippen molar-refractivity contribution in [3.8, 4) is 11.3 Å². The van der Waals surface area contributed by atoms with Crippen LogP contribution in [0.4, 0.5) is 0 Å². The van der Waals surface area contributed by atoms with Crippen LogP contribution in [0.1, 0.15) is 33.2 Å². The number of benzene rings is 1. The Morgan fingerprint density at radius 1 is 1.21 bits per heavy atom. The molecule has 0 aliphatic rings. The first-order valence-electron chi connectivity index (χ1n) is 5.60. The van der Waals surface area contributed by atoms with Crippen molar-refractivity contribution in [2.24, 2.45) is 0 Å². The number of aliphatic hydroxyl groups is 1. The summed E-state index contributed by atoms with van der Waals surface area (Å²) in [6, 6.07) is 6.05. The summed E-state index contributed by atoms with van der Waals surface area (Å²) in [5.41, 5.74) is 1.29. The van der Waals surface area contributed by atoms with Gasteiger partial charge < -0.3 is 14.6 Å². The van der Waals surface area contributed by atoms with Crippen molar-refractivity contribution in [2.45, 2.75) is 13.5 Å². The van der Waals surface area contributed by atoms with Crippen molar-refractivity contribution in [3.05, 3.63) is 47.2 Å². The lowest BCUT2D eigenvalue weighted by molar-refractivity contribution is 0.0697. The van der Waals surface area contributed by atoms with Crippen LogP contribution in [0.15, 0.2) is 34.9 Å². The van der Waals surface area contributed by atoms with Crippen LogP contribution < -0.4 is 0 Å². The van der Waals surface area contributed by atoms with Gasteiger partial charge in [0.05, 0.1) is 12.9 Å². The molecule has 1 aromatic carbocycles. The number of aliphatic hydroxyl groups excluding tert-OH is 1. The van der Waals surface area contributed by atoms with Gasteiger partial charge in [0.15, 0.2) is 5.78 Å². The molecule has 2 rings (SSSR count). The second kappa shape index (κ2) is 5.07. The van der Waals surface area contributed by atoms with Gasteiger partial charge in [-0.2, -0.15) is 0 Å². The van der Waals surface area contributed by atoms with Crippen LogP contribution in [0, 0.1) is 0 Å². The molecule has 5 heteroatoms. The number of hydrogen-bond donors (Lipinski definition) is 2. The largest absolute Gasteiger partial charge is 0.478 e. The zero-order valence-electron chi connectivity index (χ0n) is 10.2. The summed E-state index contributed by atoms with van der Waals surface area (Å²) in [6.07, 6.45) is 1.26. The number of aromatic carboxylic acids is 1. The summed E-state index contributed by atoms with van der Waals surface area (Å²) in [5, 5.41) is 18.2. The number of carbonyl (C=O) groups is 2. The molecule has 0 saturated carbocycles. The minimum absolute atomic E-state index is 0.0161. The van der Waals surface area contributed by atoms with Gasteiger partial charge in [0.2, 0.25) is 0 Å². The highest BCUT2D eigenvalue weighted by molar-refractivity contribution is 6.03. The molecular formula is C14H12O5. The molecule has 2 N–H and O–H groups in total. The molecule has 0 saturated heterocycles. The Morgan fingerprint density at radius 2 is 1.95 bits per heavy atom. The van der Waals surface area contributed by atoms with E-state index in [1.165, 1.54) is 19.3 Å². The fourth-order valence-electron chi connectivity index (χ4n) is 1.87. The van der Waals surface area contributed by atoms with E-state index in [0.717, 1.165) is 0 Å². The molecule has 0 spiro atoms. The van der Waals surface area contributed by atoms with Crippen molar-refractivity contribution in [1.29, 1.82) is 0 Å². The number of rotatable bonds is 4. The van der Waals surface area contributed by atoms with E-state index in [9.17, 15) is 9.59 Å². The number of ketones is 1. The van der Waals surface area contributed by atoms with Crippen molar-refractivity contribution >= 4 is 11.8 Å². The van der Waals surface area contributed by atoms with E-state index in [-0.39, 0.29) is 23.7 Å². The van der Waals surface area contributed by atoms with Crippen LogP contribution in [0.5, 0.6) is 0 Å². The topological polar surface area (TPSA) is 87.7 Å². The molecule has 0 radical (unpaired) electrons. The number of Topliss-reactive ketones (excluding diaryl/α,β-unsaturated/α-hetero) is 1. The van der Waals surface area contributed by atoms with Crippen LogP contribution >= 0.6 is 0 Å². The third-order valence-corrected chi connectivity index (χ3v) is 2.79. The van der Waals surface area contributed by atoms with Gasteiger partial charge in [0.1, 0.15) is 11.3 Å². The molecule has 1 aromatic heterocycles. The molecule has 98 valence electrons. The number of carbonyl (C=O) groups excluding carboxylic acids is 1. The standard InChI is InChI=1S/C14H12O5/c1-8(16)10-3-2-9(7-15)6-12(10)13-11(14(17)18)4-5-19-13/h2-6,15H,7H2,1H3,(H,17,18). The van der Waals surface area contributed by atoms with E-state index < -0.39 is 5.97 Å². The number of hydrogen-bond acceptors (Lipinski definition) is 4. The first-order chi connectivity index (χ1) is 9.04. The highest BCUT2D eigenvalue weighted by Gasteiger charge is 2.19. The second-order valence-corrected chi connectivity index (χ2v) is 4.06. The van der Waals surface area contributed by atoms with Gasteiger partial charge in [-0.15, -0.1) is 0 Å². The molecule has 0 unspecified atom stereocenters. The number of furan rings is 1. The first-order valence-corrected chi connectivity index (χ1v) is 5.60. The highest BCUT2D eigenvalue weighted by atomic mass is 16.4. The zero-order chi connectivity index (χ0) is 14.0. The van der Waals surface area contributed by atoms with E-state index in [1.807, 2.05) is 0 Å². The molecule has 0 amide bonds. The number of carboxylic acid groups (broad SMARTS) is 1. The maximum absolute atomic E-state index is 11.6. The average molecular weight is 260 g/mol. The summed E-state index contributed by atoms with van der Waals surface area (Å²) in [7, 11) is 0. The summed E-state index contributed by atoms with van der Waals surface area (Å²) in [5.74, 6) is -1.21. The smallest absolute Gasteiger partial charge is 0.339 e. The SMILES string of the molecule is CC(=O)c1ccc(CO)cc1-c1occc1C(=O)O. The summed E-state index contributed by atoms with van der Waals surface area (Å²) < 4.78 is 5.19. The minimum atomic E-state index is -1.13. The summed E-state index contributed by atoms with van der Waals surface area (Å²) in [6.45, 7) is 1.19.